The predicted octanol–water partition coefficient (Wildman–Crippen LogP) is 2.42. The lowest BCUT2D eigenvalue weighted by Crippen LogP contribution is -2.58. The van der Waals surface area contributed by atoms with Crippen LogP contribution in [0.2, 0.25) is 0 Å². The van der Waals surface area contributed by atoms with Gasteiger partial charge in [-0.2, -0.15) is 0 Å². The predicted molar refractivity (Wildman–Crippen MR) is 108 cm³/mol. The third-order valence-electron chi connectivity index (χ3n) is 5.24. The molecule has 29 heavy (non-hydrogen) atoms. The maximum Gasteiger partial charge on any atom is 0.260 e. The molecular weight excluding hydrogens is 373 g/mol. The molecule has 2 atom stereocenters. The Morgan fingerprint density at radius 1 is 1.03 bits per heavy atom. The highest BCUT2D eigenvalue weighted by molar-refractivity contribution is 5.92. The van der Waals surface area contributed by atoms with Crippen molar-refractivity contribution in [2.45, 2.75) is 32.5 Å². The highest BCUT2D eigenvalue weighted by atomic mass is 19.1. The Morgan fingerprint density at radius 2 is 1.69 bits per heavy atom. The smallest absolute Gasteiger partial charge is 0.260 e. The van der Waals surface area contributed by atoms with Crippen molar-refractivity contribution in [3.05, 3.63) is 65.5 Å². The zero-order chi connectivity index (χ0) is 21.0. The van der Waals surface area contributed by atoms with Gasteiger partial charge in [0.2, 0.25) is 5.91 Å². The summed E-state index contributed by atoms with van der Waals surface area (Å²) in [5.74, 6) is -0.312. The van der Waals surface area contributed by atoms with Crippen LogP contribution in [0.4, 0.5) is 4.39 Å². The van der Waals surface area contributed by atoms with Crippen molar-refractivity contribution in [1.82, 2.24) is 9.80 Å². The molecule has 1 aliphatic rings. The molecule has 2 aromatic rings. The summed E-state index contributed by atoms with van der Waals surface area (Å²) in [7, 11) is 0. The summed E-state index contributed by atoms with van der Waals surface area (Å²) in [6, 6.07) is 13.1. The summed E-state index contributed by atoms with van der Waals surface area (Å²) in [5, 5.41) is 0. The van der Waals surface area contributed by atoms with E-state index in [1.54, 1.807) is 36.4 Å². The lowest BCUT2D eigenvalue weighted by molar-refractivity contribution is -0.139. The van der Waals surface area contributed by atoms with Gasteiger partial charge >= 0.3 is 0 Å². The molecule has 0 unspecified atom stereocenters. The van der Waals surface area contributed by atoms with Crippen LogP contribution in [0.5, 0.6) is 5.75 Å². The van der Waals surface area contributed by atoms with Gasteiger partial charge in [-0.25, -0.2) is 4.39 Å². The molecule has 6 nitrogen and oxygen atoms in total. The SMILES string of the molecule is C[C@@H]1CN(Cc2ccc(F)cc2)[C@@H](C)CN1C(=O)COc1ccc(C(N)=O)cc1. The third kappa shape index (κ3) is 5.32. The molecule has 2 N–H and O–H groups in total. The van der Waals surface area contributed by atoms with Crippen molar-refractivity contribution < 1.29 is 18.7 Å². The number of nitrogens with two attached hydrogens (primary N) is 1. The number of ether oxygens (including phenoxy) is 1. The van der Waals surface area contributed by atoms with Gasteiger partial charge in [0.05, 0.1) is 0 Å². The number of halogens is 1. The summed E-state index contributed by atoms with van der Waals surface area (Å²) in [4.78, 5) is 27.9. The van der Waals surface area contributed by atoms with E-state index >= 15 is 0 Å². The van der Waals surface area contributed by atoms with Crippen molar-refractivity contribution in [2.75, 3.05) is 19.7 Å². The summed E-state index contributed by atoms with van der Waals surface area (Å²) in [5.41, 5.74) is 6.66. The lowest BCUT2D eigenvalue weighted by Gasteiger charge is -2.44. The van der Waals surface area contributed by atoms with Crippen LogP contribution in [-0.2, 0) is 11.3 Å². The van der Waals surface area contributed by atoms with Crippen LogP contribution in [0.1, 0.15) is 29.8 Å². The van der Waals surface area contributed by atoms with Gasteiger partial charge in [-0.05, 0) is 55.8 Å². The molecule has 3 rings (SSSR count). The van der Waals surface area contributed by atoms with E-state index in [1.807, 2.05) is 11.8 Å². The molecule has 1 heterocycles. The maximum atomic E-state index is 13.1. The van der Waals surface area contributed by atoms with Crippen LogP contribution in [0, 0.1) is 5.82 Å². The molecule has 154 valence electrons. The number of hydrogen-bond acceptors (Lipinski definition) is 4. The number of piperazine rings is 1. The molecule has 0 spiro atoms. The van der Waals surface area contributed by atoms with E-state index in [2.05, 4.69) is 11.8 Å². The first-order valence-corrected chi connectivity index (χ1v) is 9.64. The van der Waals surface area contributed by atoms with Crippen molar-refractivity contribution >= 4 is 11.8 Å². The van der Waals surface area contributed by atoms with Gasteiger partial charge in [0.15, 0.2) is 6.61 Å². The Balaban J connectivity index is 1.54. The largest absolute Gasteiger partial charge is 0.484 e. The zero-order valence-electron chi connectivity index (χ0n) is 16.7. The second-order valence-corrected chi connectivity index (χ2v) is 7.48. The Labute approximate surface area is 170 Å². The quantitative estimate of drug-likeness (QED) is 0.810. The fourth-order valence-corrected chi connectivity index (χ4v) is 3.53. The Bertz CT molecular complexity index is 855. The van der Waals surface area contributed by atoms with Crippen LogP contribution in [0.25, 0.3) is 0 Å². The molecule has 0 aromatic heterocycles. The Hall–Kier alpha value is -2.93. The number of benzene rings is 2. The molecule has 0 aliphatic carbocycles. The number of carbonyl (C=O) groups excluding carboxylic acids is 2. The highest BCUT2D eigenvalue weighted by Gasteiger charge is 2.32. The van der Waals surface area contributed by atoms with Crippen LogP contribution in [-0.4, -0.2) is 53.4 Å². The van der Waals surface area contributed by atoms with Crippen molar-refractivity contribution in [3.63, 3.8) is 0 Å². The van der Waals surface area contributed by atoms with E-state index in [0.717, 1.165) is 18.7 Å². The Kier molecular flexibility index (Phi) is 6.49. The number of carbonyl (C=O) groups is 2. The summed E-state index contributed by atoms with van der Waals surface area (Å²) in [6.45, 7) is 6.09. The first kappa shape index (κ1) is 20.8. The molecule has 0 radical (unpaired) electrons. The lowest BCUT2D eigenvalue weighted by atomic mass is 10.1. The van der Waals surface area contributed by atoms with E-state index in [9.17, 15) is 14.0 Å². The molecule has 7 heteroatoms. The molecule has 2 amide bonds. The van der Waals surface area contributed by atoms with Crippen molar-refractivity contribution in [2.24, 2.45) is 5.73 Å². The normalized spacial score (nSPS) is 19.8. The molecule has 1 aliphatic heterocycles. The minimum Gasteiger partial charge on any atom is -0.484 e. The van der Waals surface area contributed by atoms with Gasteiger partial charge < -0.3 is 15.4 Å². The summed E-state index contributed by atoms with van der Waals surface area (Å²) in [6.07, 6.45) is 0. The fraction of sp³-hybridized carbons (Fsp3) is 0.364. The van der Waals surface area contributed by atoms with Crippen LogP contribution in [0.15, 0.2) is 48.5 Å². The van der Waals surface area contributed by atoms with E-state index in [-0.39, 0.29) is 30.4 Å². The standard InChI is InChI=1S/C22H26FN3O3/c1-15-12-26(16(2)11-25(15)13-17-3-7-19(23)8-4-17)21(27)14-29-20-9-5-18(6-10-20)22(24)28/h3-10,15-16H,11-14H2,1-2H3,(H2,24,28)/t15-,16+/m0/s1. The zero-order valence-corrected chi connectivity index (χ0v) is 16.7. The van der Waals surface area contributed by atoms with E-state index < -0.39 is 5.91 Å². The average Bonchev–Trinajstić information content (AvgIpc) is 2.70. The highest BCUT2D eigenvalue weighted by Crippen LogP contribution is 2.19. The maximum absolute atomic E-state index is 13.1. The van der Waals surface area contributed by atoms with Gasteiger partial charge in [0, 0.05) is 37.3 Å². The van der Waals surface area contributed by atoms with Gasteiger partial charge in [-0.1, -0.05) is 12.1 Å². The second-order valence-electron chi connectivity index (χ2n) is 7.48. The molecule has 1 fully saturated rings. The average molecular weight is 399 g/mol. The van der Waals surface area contributed by atoms with Crippen LogP contribution in [0.3, 0.4) is 0 Å². The minimum absolute atomic E-state index is 0.0417. The van der Waals surface area contributed by atoms with E-state index in [1.165, 1.54) is 12.1 Å². The minimum atomic E-state index is -0.506. The molecule has 2 aromatic carbocycles. The second kappa shape index (κ2) is 9.05. The Morgan fingerprint density at radius 3 is 2.31 bits per heavy atom. The number of amides is 2. The topological polar surface area (TPSA) is 75.9 Å². The van der Waals surface area contributed by atoms with Gasteiger partial charge in [-0.15, -0.1) is 0 Å². The number of primary amides is 1. The molecule has 0 saturated carbocycles. The molecule has 0 bridgehead atoms. The van der Waals surface area contributed by atoms with Gasteiger partial charge in [-0.3, -0.25) is 14.5 Å². The number of hydrogen-bond donors (Lipinski definition) is 1. The molecular formula is C22H26FN3O3. The first-order valence-electron chi connectivity index (χ1n) is 9.64. The van der Waals surface area contributed by atoms with Crippen LogP contribution < -0.4 is 10.5 Å². The third-order valence-corrected chi connectivity index (χ3v) is 5.24. The first-order chi connectivity index (χ1) is 13.8. The van der Waals surface area contributed by atoms with Crippen molar-refractivity contribution in [3.8, 4) is 5.75 Å². The number of rotatable bonds is 6. The summed E-state index contributed by atoms with van der Waals surface area (Å²) < 4.78 is 18.7. The monoisotopic (exact) mass is 399 g/mol. The van der Waals surface area contributed by atoms with Gasteiger partial charge in [0.1, 0.15) is 11.6 Å². The molecule has 1 saturated heterocycles. The van der Waals surface area contributed by atoms with Crippen LogP contribution >= 0.6 is 0 Å². The van der Waals surface area contributed by atoms with E-state index in [0.29, 0.717) is 17.9 Å². The van der Waals surface area contributed by atoms with E-state index in [4.69, 9.17) is 10.5 Å². The number of nitrogens with zero attached hydrogens (tertiary/aromatic N) is 2. The summed E-state index contributed by atoms with van der Waals surface area (Å²) >= 11 is 0. The fourth-order valence-electron chi connectivity index (χ4n) is 3.53. The van der Waals surface area contributed by atoms with Gasteiger partial charge in [0.25, 0.3) is 5.91 Å². The van der Waals surface area contributed by atoms with Crippen molar-refractivity contribution in [1.29, 1.82) is 0 Å².